The minimum atomic E-state index is -3.09. The van der Waals surface area contributed by atoms with Gasteiger partial charge in [0.2, 0.25) is 0 Å². The van der Waals surface area contributed by atoms with Gasteiger partial charge in [0.1, 0.15) is 28.4 Å². The highest BCUT2D eigenvalue weighted by Gasteiger charge is 2.87. The van der Waals surface area contributed by atoms with Gasteiger partial charge in [0, 0.05) is 7.83 Å². The van der Waals surface area contributed by atoms with Gasteiger partial charge < -0.3 is 0 Å². The van der Waals surface area contributed by atoms with Crippen LogP contribution in [0.15, 0.2) is 243 Å². The Balaban J connectivity index is 1.72. The Hall–Kier alpha value is -5.16. The minimum absolute atomic E-state index is 1.36. The molecule has 0 N–H and O–H groups in total. The molecule has 9 rings (SSSR count). The molecule has 0 unspecified atom stereocenters. The van der Waals surface area contributed by atoms with Crippen LogP contribution < -0.4 is 41.5 Å². The maximum absolute atomic E-state index is 3.09. The predicted molar refractivity (Wildman–Crippen MR) is 243 cm³/mol. The molecule has 1 radical (unpaired) electrons. The van der Waals surface area contributed by atoms with Crippen molar-refractivity contribution in [3.05, 3.63) is 243 Å². The molecule has 0 nitrogen and oxygen atoms in total. The van der Waals surface area contributed by atoms with Crippen LogP contribution in [-0.2, 0) is 0 Å². The molecule has 0 amide bonds. The molecule has 5 heteroatoms. The molecule has 54 heavy (non-hydrogen) atoms. The van der Waals surface area contributed by atoms with Crippen LogP contribution in [0.25, 0.3) is 0 Å². The summed E-state index contributed by atoms with van der Waals surface area (Å²) in [6, 6.07) is 96.7. The summed E-state index contributed by atoms with van der Waals surface area (Å²) in [4.78, 5) is 0. The van der Waals surface area contributed by atoms with Gasteiger partial charge in [-0.25, -0.2) is 0 Å². The lowest BCUT2D eigenvalue weighted by Crippen LogP contribution is -3.00. The topological polar surface area (TPSA) is 0 Å². The van der Waals surface area contributed by atoms with Crippen LogP contribution in [0, 0.1) is 0 Å². The molecule has 0 spiro atoms. The second kappa shape index (κ2) is 14.2. The molecule has 8 aromatic rings. The van der Waals surface area contributed by atoms with E-state index in [4.69, 9.17) is 0 Å². The first-order valence-corrected chi connectivity index (χ1v) is 34.0. The molecule has 0 saturated carbocycles. The third kappa shape index (κ3) is 4.63. The summed E-state index contributed by atoms with van der Waals surface area (Å²) < 4.78 is 0. The van der Waals surface area contributed by atoms with E-state index in [0.717, 1.165) is 0 Å². The van der Waals surface area contributed by atoms with Gasteiger partial charge in [0.25, 0.3) is 0 Å². The number of hydrogen-bond donors (Lipinski definition) is 0. The molecule has 8 aromatic carbocycles. The van der Waals surface area contributed by atoms with Crippen molar-refractivity contribution >= 4 is 77.8 Å². The molecule has 1 heterocycles. The summed E-state index contributed by atoms with van der Waals surface area (Å²) in [6.45, 7) is 2.86. The number of hydrogen-bond acceptors (Lipinski definition) is 0. The molecule has 0 atom stereocenters. The van der Waals surface area contributed by atoms with Crippen molar-refractivity contribution in [3.63, 3.8) is 0 Å². The monoisotopic (exact) mass is 771 g/mol. The van der Waals surface area contributed by atoms with Gasteiger partial charge in [-0.05, 0) is 0 Å². The number of benzene rings is 8. The van der Waals surface area contributed by atoms with Crippen molar-refractivity contribution in [1.82, 2.24) is 0 Å². The van der Waals surface area contributed by atoms with Crippen molar-refractivity contribution in [3.8, 4) is 0 Å². The van der Waals surface area contributed by atoms with Gasteiger partial charge in [-0.3, -0.25) is 0 Å². The van der Waals surface area contributed by atoms with Gasteiger partial charge >= 0.3 is 0 Å². The normalized spacial score (nSPS) is 16.8. The van der Waals surface area contributed by atoms with Crippen molar-refractivity contribution < 1.29 is 0 Å². The first-order chi connectivity index (χ1) is 26.7. The fourth-order valence-corrected chi connectivity index (χ4v) is 178. The van der Waals surface area contributed by atoms with Crippen LogP contribution in [0.2, 0.25) is 6.55 Å². The molecular weight excluding hydrogens is 729 g/mol. The molecule has 1 aliphatic heterocycles. The quantitative estimate of drug-likeness (QED) is 0.178. The van der Waals surface area contributed by atoms with Crippen molar-refractivity contribution in [2.75, 3.05) is 0 Å². The average molecular weight is 772 g/mol. The van der Waals surface area contributed by atoms with Crippen molar-refractivity contribution in [2.45, 2.75) is 6.55 Å². The first kappa shape index (κ1) is 34.6. The Morgan fingerprint density at radius 2 is 0.370 bits per heavy atom. The van der Waals surface area contributed by atoms with Gasteiger partial charge in [-0.15, -0.1) is 0 Å². The Kier molecular flexibility index (Phi) is 9.13. The summed E-state index contributed by atoms with van der Waals surface area (Å²) >= 11 is 0. The maximum Gasteiger partial charge on any atom is 0.120 e. The second-order valence-corrected chi connectivity index (χ2v) is 56.4. The lowest BCUT2D eigenvalue weighted by atomic mass is 10.4. The highest BCUT2D eigenvalue weighted by Crippen LogP contribution is 2.45. The summed E-state index contributed by atoms with van der Waals surface area (Å²) in [5.41, 5.74) is 0. The molecule has 1 fully saturated rings. The van der Waals surface area contributed by atoms with Crippen LogP contribution in [-0.4, -0.2) is 36.3 Å². The van der Waals surface area contributed by atoms with E-state index in [1.54, 1.807) is 41.5 Å². The first-order valence-electron chi connectivity index (χ1n) is 19.0. The molecule has 0 aliphatic carbocycles. The highest BCUT2D eigenvalue weighted by molar-refractivity contribution is 8.22. The summed E-state index contributed by atoms with van der Waals surface area (Å²) in [5.74, 6) is 0. The minimum Gasteiger partial charge on any atom is -0.0741 e. The zero-order valence-corrected chi connectivity index (χ0v) is 35.6. The fraction of sp³-hybridized carbons (Fsp3) is 0.0204. The summed E-state index contributed by atoms with van der Waals surface area (Å²) in [7, 11) is -13.3. The lowest BCUT2D eigenvalue weighted by molar-refractivity contribution is 1.70. The largest absolute Gasteiger partial charge is 0.120 e. The SMILES string of the molecule is C[Si]1[Si](c2ccccc2)(c2ccccc2)[Si](c2ccccc2)(c2ccccc2)[Si](c2ccccc2)(c2ccccc2)[Si]1(c1ccccc1)c1ccccc1. The van der Waals surface area contributed by atoms with Crippen LogP contribution >= 0.6 is 0 Å². The zero-order chi connectivity index (χ0) is 36.5. The third-order valence-corrected chi connectivity index (χ3v) is 103. The molecule has 1 aliphatic rings. The smallest absolute Gasteiger partial charge is 0.0741 e. The molecule has 259 valence electrons. The highest BCUT2D eigenvalue weighted by atomic mass is 30.2. The predicted octanol–water partition coefficient (Wildman–Crippen LogP) is 5.57. The van der Waals surface area contributed by atoms with E-state index in [1.807, 2.05) is 0 Å². The third-order valence-electron chi connectivity index (χ3n) is 12.5. The molecule has 0 bridgehead atoms. The maximum atomic E-state index is 2.86. The lowest BCUT2D eigenvalue weighted by Gasteiger charge is -2.56. The van der Waals surface area contributed by atoms with E-state index in [1.165, 1.54) is 0 Å². The van der Waals surface area contributed by atoms with Gasteiger partial charge in [0.15, 0.2) is 0 Å². The van der Waals surface area contributed by atoms with E-state index in [-0.39, 0.29) is 0 Å². The Bertz CT molecular complexity index is 2100. The van der Waals surface area contributed by atoms with E-state index >= 15 is 0 Å². The van der Waals surface area contributed by atoms with Crippen LogP contribution in [0.5, 0.6) is 0 Å². The van der Waals surface area contributed by atoms with Crippen LogP contribution in [0.4, 0.5) is 0 Å². The van der Waals surface area contributed by atoms with Crippen molar-refractivity contribution in [2.24, 2.45) is 0 Å². The van der Waals surface area contributed by atoms with Gasteiger partial charge in [0.05, 0.1) is 0 Å². The summed E-state index contributed by atoms with van der Waals surface area (Å²) in [5, 5.41) is 12.8. The van der Waals surface area contributed by atoms with E-state index in [9.17, 15) is 0 Å². The standard InChI is InChI=1S/C49H43Si5/c1-50-51(42-26-10-2-11-27-42,43-28-12-3-13-29-43)53(46-34-18-6-19-35-46,47-36-20-7-21-37-47)54(48-38-22-8-23-39-48,49-40-24-9-25-41-49)52(50,44-30-14-4-15-31-44)45-32-16-5-17-33-45/h2-41H,1H3. The fourth-order valence-electron chi connectivity index (χ4n) is 11.0. The molecular formula is C49H43Si5. The average Bonchev–Trinajstić information content (AvgIpc) is 3.47. The Morgan fingerprint density at radius 1 is 0.222 bits per heavy atom. The second-order valence-electron chi connectivity index (χ2n) is 14.6. The number of rotatable bonds is 8. The Morgan fingerprint density at radius 3 is 0.537 bits per heavy atom. The molecule has 0 aromatic heterocycles. The molecule has 1 saturated heterocycles. The van der Waals surface area contributed by atoms with E-state index in [2.05, 4.69) is 249 Å². The van der Waals surface area contributed by atoms with Gasteiger partial charge in [-0.2, -0.15) is 0 Å². The van der Waals surface area contributed by atoms with Gasteiger partial charge in [-0.1, -0.05) is 291 Å². The zero-order valence-electron chi connectivity index (χ0n) is 30.6. The Labute approximate surface area is 325 Å². The van der Waals surface area contributed by atoms with E-state index < -0.39 is 36.3 Å². The van der Waals surface area contributed by atoms with Crippen LogP contribution in [0.3, 0.4) is 0 Å². The van der Waals surface area contributed by atoms with E-state index in [0.29, 0.717) is 0 Å². The van der Waals surface area contributed by atoms with Crippen LogP contribution in [0.1, 0.15) is 0 Å². The summed E-state index contributed by atoms with van der Waals surface area (Å²) in [6.07, 6.45) is 0. The van der Waals surface area contributed by atoms with Crippen molar-refractivity contribution in [1.29, 1.82) is 0 Å².